The Morgan fingerprint density at radius 1 is 1.16 bits per heavy atom. The average Bonchev–Trinajstić information content (AvgIpc) is 2.61. The molecule has 1 aromatic heterocycles. The van der Waals surface area contributed by atoms with Crippen LogP contribution in [0.25, 0.3) is 16.6 Å². The lowest BCUT2D eigenvalue weighted by Gasteiger charge is -2.38. The number of fused-ring (bicyclic) bond motifs is 1. The summed E-state index contributed by atoms with van der Waals surface area (Å²) in [6.45, 7) is 6.32. The zero-order valence-corrected chi connectivity index (χ0v) is 17.8. The molecule has 6 nitrogen and oxygen atoms in total. The zero-order chi connectivity index (χ0) is 23.2. The third-order valence-corrected chi connectivity index (χ3v) is 5.06. The van der Waals surface area contributed by atoms with Gasteiger partial charge in [-0.2, -0.15) is 0 Å². The standard InChI is InChI=1S/C21H19ClF3N3O3/c1-10(28(20(30)31)21(2,3)4)18-26-17-15(25)6-5-14(22)16(17)19(29)27(18)13-8-11(23)7-12(24)9-13/h5-10H,1-4H3,(H,30,31). The van der Waals surface area contributed by atoms with Crippen LogP contribution in [0.1, 0.15) is 39.6 Å². The highest BCUT2D eigenvalue weighted by atomic mass is 35.5. The zero-order valence-electron chi connectivity index (χ0n) is 17.1. The van der Waals surface area contributed by atoms with Crippen molar-refractivity contribution in [1.82, 2.24) is 14.5 Å². The van der Waals surface area contributed by atoms with Crippen LogP contribution >= 0.6 is 11.6 Å². The third-order valence-electron chi connectivity index (χ3n) is 4.75. The van der Waals surface area contributed by atoms with Gasteiger partial charge in [-0.25, -0.2) is 22.9 Å². The summed E-state index contributed by atoms with van der Waals surface area (Å²) in [7, 11) is 0. The summed E-state index contributed by atoms with van der Waals surface area (Å²) >= 11 is 6.10. The molecule has 1 heterocycles. The summed E-state index contributed by atoms with van der Waals surface area (Å²) in [5, 5.41) is 9.37. The van der Waals surface area contributed by atoms with Gasteiger partial charge in [-0.05, 0) is 52.0 Å². The number of halogens is 4. The Balaban J connectivity index is 2.48. The van der Waals surface area contributed by atoms with Crippen molar-refractivity contribution in [2.45, 2.75) is 39.3 Å². The van der Waals surface area contributed by atoms with E-state index in [1.54, 1.807) is 20.8 Å². The van der Waals surface area contributed by atoms with Crippen molar-refractivity contribution in [3.63, 3.8) is 0 Å². The number of carboxylic acid groups (broad SMARTS) is 1. The first-order valence-electron chi connectivity index (χ1n) is 9.22. The molecule has 1 unspecified atom stereocenters. The van der Waals surface area contributed by atoms with Crippen LogP contribution in [0.2, 0.25) is 5.02 Å². The predicted octanol–water partition coefficient (Wildman–Crippen LogP) is 5.30. The number of rotatable bonds is 3. The van der Waals surface area contributed by atoms with Crippen molar-refractivity contribution < 1.29 is 23.1 Å². The van der Waals surface area contributed by atoms with Crippen molar-refractivity contribution in [2.75, 3.05) is 0 Å². The predicted molar refractivity (Wildman–Crippen MR) is 110 cm³/mol. The molecule has 31 heavy (non-hydrogen) atoms. The van der Waals surface area contributed by atoms with E-state index in [0.29, 0.717) is 6.07 Å². The summed E-state index contributed by atoms with van der Waals surface area (Å²) in [5.41, 5.74) is -2.44. The lowest BCUT2D eigenvalue weighted by molar-refractivity contribution is 0.0719. The summed E-state index contributed by atoms with van der Waals surface area (Å²) in [5.74, 6) is -2.99. The van der Waals surface area contributed by atoms with Gasteiger partial charge in [-0.3, -0.25) is 14.3 Å². The second-order valence-corrected chi connectivity index (χ2v) is 8.40. The minimum Gasteiger partial charge on any atom is -0.465 e. The highest BCUT2D eigenvalue weighted by Crippen LogP contribution is 2.31. The van der Waals surface area contributed by atoms with E-state index in [1.807, 2.05) is 0 Å². The molecule has 2 aromatic carbocycles. The molecule has 0 saturated heterocycles. The van der Waals surface area contributed by atoms with Crippen molar-refractivity contribution in [2.24, 2.45) is 0 Å². The summed E-state index contributed by atoms with van der Waals surface area (Å²) < 4.78 is 43.3. The number of hydrogen-bond acceptors (Lipinski definition) is 3. The van der Waals surface area contributed by atoms with Crippen LogP contribution < -0.4 is 5.56 Å². The molecular weight excluding hydrogens is 435 g/mol. The molecule has 0 fully saturated rings. The second kappa shape index (κ2) is 7.88. The first-order valence-corrected chi connectivity index (χ1v) is 9.60. The van der Waals surface area contributed by atoms with Gasteiger partial charge in [0.05, 0.1) is 22.1 Å². The molecule has 0 saturated carbocycles. The van der Waals surface area contributed by atoms with Gasteiger partial charge in [0.1, 0.15) is 28.8 Å². The number of carbonyl (C=O) groups is 1. The van der Waals surface area contributed by atoms with Gasteiger partial charge in [0, 0.05) is 11.6 Å². The average molecular weight is 454 g/mol. The number of nitrogens with zero attached hydrogens (tertiary/aromatic N) is 3. The molecule has 3 rings (SSSR count). The molecule has 1 N–H and O–H groups in total. The van der Waals surface area contributed by atoms with E-state index in [4.69, 9.17) is 11.6 Å². The molecule has 3 aromatic rings. The molecule has 0 aliphatic heterocycles. The van der Waals surface area contributed by atoms with Gasteiger partial charge in [-0.1, -0.05) is 11.6 Å². The van der Waals surface area contributed by atoms with Crippen LogP contribution in [0.3, 0.4) is 0 Å². The quantitative estimate of drug-likeness (QED) is 0.584. The Morgan fingerprint density at radius 3 is 2.26 bits per heavy atom. The molecule has 0 spiro atoms. The van der Waals surface area contributed by atoms with E-state index in [-0.39, 0.29) is 27.4 Å². The fourth-order valence-electron chi connectivity index (χ4n) is 3.58. The molecule has 0 aliphatic rings. The van der Waals surface area contributed by atoms with Crippen molar-refractivity contribution >= 4 is 28.6 Å². The van der Waals surface area contributed by atoms with Crippen LogP contribution in [0.5, 0.6) is 0 Å². The maximum absolute atomic E-state index is 14.5. The first kappa shape index (κ1) is 22.6. The maximum atomic E-state index is 14.5. The van der Waals surface area contributed by atoms with Crippen LogP contribution in [0.4, 0.5) is 18.0 Å². The molecule has 0 aliphatic carbocycles. The highest BCUT2D eigenvalue weighted by Gasteiger charge is 2.35. The van der Waals surface area contributed by atoms with E-state index >= 15 is 0 Å². The molecule has 10 heteroatoms. The van der Waals surface area contributed by atoms with E-state index in [1.165, 1.54) is 13.0 Å². The number of amides is 1. The van der Waals surface area contributed by atoms with Crippen LogP contribution in [-0.4, -0.2) is 31.2 Å². The van der Waals surface area contributed by atoms with Crippen LogP contribution in [0.15, 0.2) is 35.1 Å². The van der Waals surface area contributed by atoms with Crippen molar-refractivity contribution in [3.05, 3.63) is 69.0 Å². The number of hydrogen-bond donors (Lipinski definition) is 1. The minimum atomic E-state index is -1.32. The van der Waals surface area contributed by atoms with Gasteiger partial charge in [-0.15, -0.1) is 0 Å². The smallest absolute Gasteiger partial charge is 0.408 e. The van der Waals surface area contributed by atoms with Crippen LogP contribution in [-0.2, 0) is 0 Å². The minimum absolute atomic E-state index is 0.107. The number of benzene rings is 2. The van der Waals surface area contributed by atoms with Crippen molar-refractivity contribution in [1.29, 1.82) is 0 Å². The fraction of sp³-hybridized carbons (Fsp3) is 0.286. The third kappa shape index (κ3) is 4.10. The summed E-state index contributed by atoms with van der Waals surface area (Å²) in [6.07, 6.45) is -1.32. The number of aromatic nitrogens is 2. The fourth-order valence-corrected chi connectivity index (χ4v) is 3.81. The van der Waals surface area contributed by atoms with Gasteiger partial charge in [0.15, 0.2) is 0 Å². The Bertz CT molecular complexity index is 1230. The van der Waals surface area contributed by atoms with Gasteiger partial charge < -0.3 is 5.11 Å². The van der Waals surface area contributed by atoms with Crippen LogP contribution in [0, 0.1) is 17.5 Å². The van der Waals surface area contributed by atoms with E-state index in [0.717, 1.165) is 27.7 Å². The Morgan fingerprint density at radius 2 is 1.74 bits per heavy atom. The summed E-state index contributed by atoms with van der Waals surface area (Å²) in [4.78, 5) is 30.5. The van der Waals surface area contributed by atoms with Gasteiger partial charge in [0.25, 0.3) is 5.56 Å². The van der Waals surface area contributed by atoms with E-state index in [2.05, 4.69) is 4.98 Å². The topological polar surface area (TPSA) is 75.4 Å². The molecule has 1 atom stereocenters. The largest absolute Gasteiger partial charge is 0.465 e. The highest BCUT2D eigenvalue weighted by molar-refractivity contribution is 6.35. The molecular formula is C21H19ClF3N3O3. The SMILES string of the molecule is CC(c1nc2c(F)ccc(Cl)c2c(=O)n1-c1cc(F)cc(F)c1)N(C(=O)O)C(C)(C)C. The van der Waals surface area contributed by atoms with Crippen molar-refractivity contribution in [3.8, 4) is 5.69 Å². The first-order chi connectivity index (χ1) is 14.3. The lowest BCUT2D eigenvalue weighted by atomic mass is 10.0. The van der Waals surface area contributed by atoms with Gasteiger partial charge >= 0.3 is 6.09 Å². The van der Waals surface area contributed by atoms with E-state index in [9.17, 15) is 27.9 Å². The normalized spacial score (nSPS) is 12.8. The Hall–Kier alpha value is -3.07. The lowest BCUT2D eigenvalue weighted by Crippen LogP contribution is -2.47. The molecule has 0 bridgehead atoms. The van der Waals surface area contributed by atoms with Gasteiger partial charge in [0.2, 0.25) is 0 Å². The second-order valence-electron chi connectivity index (χ2n) is 7.99. The molecule has 1 amide bonds. The Labute approximate surface area is 180 Å². The monoisotopic (exact) mass is 453 g/mol. The Kier molecular flexibility index (Phi) is 5.75. The molecule has 0 radical (unpaired) electrons. The summed E-state index contributed by atoms with van der Waals surface area (Å²) in [6, 6.07) is 3.50. The maximum Gasteiger partial charge on any atom is 0.408 e. The molecule has 164 valence electrons. The van der Waals surface area contributed by atoms with E-state index < -0.39 is 40.7 Å².